The van der Waals surface area contributed by atoms with Crippen LogP contribution in [0.1, 0.15) is 26.3 Å². The van der Waals surface area contributed by atoms with Crippen LogP contribution in [-0.4, -0.2) is 24.4 Å². The average molecular weight is 283 g/mol. The lowest BCUT2D eigenvalue weighted by molar-refractivity contribution is -0.151. The van der Waals surface area contributed by atoms with Crippen LogP contribution in [0, 0.1) is 5.82 Å². The zero-order valence-electron chi connectivity index (χ0n) is 11.7. The summed E-state index contributed by atoms with van der Waals surface area (Å²) in [5.74, 6) is -0.368. The maximum atomic E-state index is 12.8. The van der Waals surface area contributed by atoms with E-state index in [0.717, 1.165) is 0 Å². The number of ether oxygens (including phenoxy) is 2. The first-order valence-corrected chi connectivity index (χ1v) is 6.12. The molecular formula is C14H18FNO4. The highest BCUT2D eigenvalue weighted by molar-refractivity contribution is 5.68. The SMILES string of the molecule is CC(C)(C)NC(=O)OC(Cc1ccc(F)cc1)OC=O. The van der Waals surface area contributed by atoms with Crippen LogP contribution in [0.5, 0.6) is 0 Å². The molecule has 20 heavy (non-hydrogen) atoms. The third kappa shape index (κ3) is 6.17. The molecular weight excluding hydrogens is 265 g/mol. The maximum absolute atomic E-state index is 12.8. The maximum Gasteiger partial charge on any atom is 0.410 e. The number of carbonyl (C=O) groups excluding carboxylic acids is 2. The fourth-order valence-corrected chi connectivity index (χ4v) is 1.45. The second kappa shape index (κ2) is 6.88. The van der Waals surface area contributed by atoms with E-state index >= 15 is 0 Å². The van der Waals surface area contributed by atoms with Gasteiger partial charge in [-0.25, -0.2) is 9.18 Å². The second-order valence-electron chi connectivity index (χ2n) is 5.27. The van der Waals surface area contributed by atoms with Gasteiger partial charge in [-0.05, 0) is 38.5 Å². The van der Waals surface area contributed by atoms with Crippen molar-refractivity contribution in [3.63, 3.8) is 0 Å². The lowest BCUT2D eigenvalue weighted by atomic mass is 10.1. The van der Waals surface area contributed by atoms with Crippen LogP contribution in [0.25, 0.3) is 0 Å². The Kier molecular flexibility index (Phi) is 5.49. The summed E-state index contributed by atoms with van der Waals surface area (Å²) in [5, 5.41) is 2.59. The molecule has 1 aromatic rings. The first-order valence-electron chi connectivity index (χ1n) is 6.12. The number of hydrogen-bond donors (Lipinski definition) is 1. The molecule has 0 aliphatic carbocycles. The first kappa shape index (κ1) is 15.9. The van der Waals surface area contributed by atoms with Crippen LogP contribution < -0.4 is 5.32 Å². The van der Waals surface area contributed by atoms with E-state index in [1.807, 2.05) is 0 Å². The zero-order chi connectivity index (χ0) is 15.2. The molecule has 0 heterocycles. The van der Waals surface area contributed by atoms with Crippen LogP contribution in [0.15, 0.2) is 24.3 Å². The number of amides is 1. The topological polar surface area (TPSA) is 64.6 Å². The molecule has 110 valence electrons. The summed E-state index contributed by atoms with van der Waals surface area (Å²) < 4.78 is 22.5. The quantitative estimate of drug-likeness (QED) is 0.665. The third-order valence-corrected chi connectivity index (χ3v) is 2.24. The number of nitrogens with one attached hydrogen (secondary N) is 1. The minimum absolute atomic E-state index is 0.149. The standard InChI is InChI=1S/C14H18FNO4/c1-14(2,3)16-13(18)20-12(19-9-17)8-10-4-6-11(15)7-5-10/h4-7,9,12H,8H2,1-3H3,(H,16,18). The van der Waals surface area contributed by atoms with Crippen LogP contribution in [0.2, 0.25) is 0 Å². The predicted octanol–water partition coefficient (Wildman–Crippen LogP) is 2.39. The lowest BCUT2D eigenvalue weighted by Crippen LogP contribution is -2.42. The van der Waals surface area contributed by atoms with Crippen molar-refractivity contribution in [1.82, 2.24) is 5.32 Å². The Balaban J connectivity index is 2.62. The molecule has 0 radical (unpaired) electrons. The highest BCUT2D eigenvalue weighted by Crippen LogP contribution is 2.09. The van der Waals surface area contributed by atoms with Crippen molar-refractivity contribution in [2.75, 3.05) is 0 Å². The lowest BCUT2D eigenvalue weighted by Gasteiger charge is -2.22. The number of hydrogen-bond acceptors (Lipinski definition) is 4. The minimum atomic E-state index is -1.06. The van der Waals surface area contributed by atoms with Crippen molar-refractivity contribution in [2.24, 2.45) is 0 Å². The van der Waals surface area contributed by atoms with E-state index in [-0.39, 0.29) is 18.7 Å². The van der Waals surface area contributed by atoms with Crippen LogP contribution in [0.3, 0.4) is 0 Å². The molecule has 0 aromatic heterocycles. The summed E-state index contributed by atoms with van der Waals surface area (Å²) in [4.78, 5) is 22.0. The van der Waals surface area contributed by atoms with Gasteiger partial charge in [0.05, 0.1) is 0 Å². The molecule has 6 heteroatoms. The van der Waals surface area contributed by atoms with Gasteiger partial charge in [-0.2, -0.15) is 0 Å². The summed E-state index contributed by atoms with van der Waals surface area (Å²) in [6, 6.07) is 5.62. The van der Waals surface area contributed by atoms with E-state index in [1.54, 1.807) is 20.8 Å². The van der Waals surface area contributed by atoms with Gasteiger partial charge in [0.25, 0.3) is 12.8 Å². The van der Waals surface area contributed by atoms with Gasteiger partial charge in [0.15, 0.2) is 0 Å². The van der Waals surface area contributed by atoms with Gasteiger partial charge in [-0.1, -0.05) is 12.1 Å². The summed E-state index contributed by atoms with van der Waals surface area (Å²) >= 11 is 0. The molecule has 5 nitrogen and oxygen atoms in total. The molecule has 0 saturated heterocycles. The Morgan fingerprint density at radius 1 is 1.35 bits per heavy atom. The first-order chi connectivity index (χ1) is 9.30. The monoisotopic (exact) mass is 283 g/mol. The Bertz CT molecular complexity index is 453. The fourth-order valence-electron chi connectivity index (χ4n) is 1.45. The molecule has 1 amide bonds. The number of halogens is 1. The second-order valence-corrected chi connectivity index (χ2v) is 5.27. The molecule has 0 saturated carbocycles. The smallest absolute Gasteiger partial charge is 0.410 e. The van der Waals surface area contributed by atoms with Gasteiger partial charge in [-0.15, -0.1) is 0 Å². The highest BCUT2D eigenvalue weighted by atomic mass is 19.1. The van der Waals surface area contributed by atoms with E-state index in [9.17, 15) is 14.0 Å². The van der Waals surface area contributed by atoms with Crippen molar-refractivity contribution < 1.29 is 23.5 Å². The number of rotatable bonds is 5. The van der Waals surface area contributed by atoms with Crippen molar-refractivity contribution in [3.8, 4) is 0 Å². The number of carbonyl (C=O) groups is 2. The van der Waals surface area contributed by atoms with E-state index < -0.39 is 17.9 Å². The third-order valence-electron chi connectivity index (χ3n) is 2.24. The number of alkyl carbamates (subject to hydrolysis) is 1. The summed E-state index contributed by atoms with van der Waals surface area (Å²) in [6.07, 6.45) is -1.59. The number of benzene rings is 1. The largest absolute Gasteiger partial charge is 0.427 e. The normalized spacial score (nSPS) is 12.4. The van der Waals surface area contributed by atoms with E-state index in [0.29, 0.717) is 5.56 Å². The predicted molar refractivity (Wildman–Crippen MR) is 70.4 cm³/mol. The van der Waals surface area contributed by atoms with Crippen molar-refractivity contribution >= 4 is 12.6 Å². The molecule has 1 aromatic carbocycles. The van der Waals surface area contributed by atoms with Crippen molar-refractivity contribution in [3.05, 3.63) is 35.6 Å². The van der Waals surface area contributed by atoms with Crippen LogP contribution in [0.4, 0.5) is 9.18 Å². The van der Waals surface area contributed by atoms with E-state index in [1.165, 1.54) is 24.3 Å². The molecule has 0 bridgehead atoms. The van der Waals surface area contributed by atoms with Gasteiger partial charge in [0.1, 0.15) is 5.82 Å². The molecule has 1 rings (SSSR count). The average Bonchev–Trinajstić information content (AvgIpc) is 2.30. The highest BCUT2D eigenvalue weighted by Gasteiger charge is 2.20. The van der Waals surface area contributed by atoms with Crippen LogP contribution >= 0.6 is 0 Å². The summed E-state index contributed by atoms with van der Waals surface area (Å²) in [6.45, 7) is 5.59. The Hall–Kier alpha value is -2.11. The Morgan fingerprint density at radius 3 is 2.45 bits per heavy atom. The Labute approximate surface area is 117 Å². The van der Waals surface area contributed by atoms with Gasteiger partial charge < -0.3 is 14.8 Å². The summed E-state index contributed by atoms with van der Waals surface area (Å²) in [5.41, 5.74) is 0.223. The van der Waals surface area contributed by atoms with Gasteiger partial charge in [0, 0.05) is 12.0 Å². The summed E-state index contributed by atoms with van der Waals surface area (Å²) in [7, 11) is 0. The van der Waals surface area contributed by atoms with Gasteiger partial charge >= 0.3 is 6.09 Å². The molecule has 0 spiro atoms. The Morgan fingerprint density at radius 2 is 1.95 bits per heavy atom. The minimum Gasteiger partial charge on any atom is -0.427 e. The molecule has 0 fully saturated rings. The molecule has 1 N–H and O–H groups in total. The van der Waals surface area contributed by atoms with Crippen molar-refractivity contribution in [1.29, 1.82) is 0 Å². The molecule has 1 atom stereocenters. The van der Waals surface area contributed by atoms with Crippen LogP contribution in [-0.2, 0) is 20.7 Å². The molecule has 0 aliphatic heterocycles. The van der Waals surface area contributed by atoms with Crippen molar-refractivity contribution in [2.45, 2.75) is 39.0 Å². The van der Waals surface area contributed by atoms with E-state index in [2.05, 4.69) is 5.32 Å². The van der Waals surface area contributed by atoms with E-state index in [4.69, 9.17) is 9.47 Å². The van der Waals surface area contributed by atoms with Gasteiger partial charge in [0.2, 0.25) is 0 Å². The van der Waals surface area contributed by atoms with Gasteiger partial charge in [-0.3, -0.25) is 4.79 Å². The fraction of sp³-hybridized carbons (Fsp3) is 0.429. The molecule has 1 unspecified atom stereocenters. The molecule has 0 aliphatic rings. The zero-order valence-corrected chi connectivity index (χ0v) is 11.7.